The van der Waals surface area contributed by atoms with E-state index in [1.807, 2.05) is 16.7 Å². The van der Waals surface area contributed by atoms with Gasteiger partial charge in [0, 0.05) is 25.5 Å². The molecule has 31 heavy (non-hydrogen) atoms. The lowest BCUT2D eigenvalue weighted by Crippen LogP contribution is -2.22. The lowest BCUT2D eigenvalue weighted by Gasteiger charge is -2.13. The van der Waals surface area contributed by atoms with E-state index in [2.05, 4.69) is 41.5 Å². The van der Waals surface area contributed by atoms with Crippen molar-refractivity contribution < 1.29 is 9.59 Å². The van der Waals surface area contributed by atoms with Crippen LogP contribution in [0.25, 0.3) is 5.69 Å². The average molecular weight is 458 g/mol. The van der Waals surface area contributed by atoms with Gasteiger partial charge >= 0.3 is 0 Å². The van der Waals surface area contributed by atoms with Gasteiger partial charge in [0.15, 0.2) is 5.16 Å². The van der Waals surface area contributed by atoms with E-state index in [9.17, 15) is 9.59 Å². The molecule has 7 nitrogen and oxygen atoms in total. The normalized spacial score (nSPS) is 10.9. The summed E-state index contributed by atoms with van der Waals surface area (Å²) in [5, 5.41) is 11.9. The van der Waals surface area contributed by atoms with Gasteiger partial charge < -0.3 is 10.2 Å². The van der Waals surface area contributed by atoms with E-state index in [4.69, 9.17) is 11.6 Å². The van der Waals surface area contributed by atoms with Crippen LogP contribution in [0.15, 0.2) is 53.9 Å². The van der Waals surface area contributed by atoms with Crippen molar-refractivity contribution in [3.05, 3.63) is 64.9 Å². The summed E-state index contributed by atoms with van der Waals surface area (Å²) in [7, 11) is 3.29. The third-order valence-corrected chi connectivity index (χ3v) is 5.85. The average Bonchev–Trinajstić information content (AvgIpc) is 3.21. The number of nitrogens with zero attached hydrogens (tertiary/aromatic N) is 4. The van der Waals surface area contributed by atoms with E-state index in [-0.39, 0.29) is 17.6 Å². The third-order valence-electron chi connectivity index (χ3n) is 4.57. The van der Waals surface area contributed by atoms with Crippen LogP contribution in [0.1, 0.15) is 35.7 Å². The molecule has 0 spiro atoms. The molecule has 0 unspecified atom stereocenters. The molecule has 3 aromatic rings. The molecule has 0 aliphatic rings. The molecule has 0 fully saturated rings. The van der Waals surface area contributed by atoms with E-state index < -0.39 is 0 Å². The Morgan fingerprint density at radius 3 is 2.52 bits per heavy atom. The zero-order valence-corrected chi connectivity index (χ0v) is 19.4. The Balaban J connectivity index is 1.65. The Bertz CT molecular complexity index is 1080. The quantitative estimate of drug-likeness (QED) is 0.529. The van der Waals surface area contributed by atoms with Crippen molar-refractivity contribution in [2.75, 3.05) is 25.2 Å². The van der Waals surface area contributed by atoms with E-state index >= 15 is 0 Å². The number of aromatic nitrogens is 3. The number of nitrogens with one attached hydrogen (secondary N) is 1. The fraction of sp³-hybridized carbons (Fsp3) is 0.273. The van der Waals surface area contributed by atoms with Gasteiger partial charge in [0.25, 0.3) is 5.91 Å². The first kappa shape index (κ1) is 22.8. The number of hydrogen-bond donors (Lipinski definition) is 1. The number of benzene rings is 2. The zero-order chi connectivity index (χ0) is 22.5. The van der Waals surface area contributed by atoms with E-state index in [1.165, 1.54) is 22.2 Å². The molecular weight excluding hydrogens is 434 g/mol. The highest BCUT2D eigenvalue weighted by molar-refractivity contribution is 7.99. The van der Waals surface area contributed by atoms with Gasteiger partial charge in [-0.15, -0.1) is 10.2 Å². The first-order valence-electron chi connectivity index (χ1n) is 9.70. The summed E-state index contributed by atoms with van der Waals surface area (Å²) in [4.78, 5) is 26.1. The molecule has 2 aromatic carbocycles. The van der Waals surface area contributed by atoms with Gasteiger partial charge in [-0.25, -0.2) is 0 Å². The van der Waals surface area contributed by atoms with Crippen LogP contribution in [-0.4, -0.2) is 51.3 Å². The number of amides is 2. The first-order valence-corrected chi connectivity index (χ1v) is 11.1. The summed E-state index contributed by atoms with van der Waals surface area (Å²) < 4.78 is 1.85. The van der Waals surface area contributed by atoms with Crippen molar-refractivity contribution in [2.45, 2.75) is 24.9 Å². The highest BCUT2D eigenvalue weighted by Crippen LogP contribution is 2.24. The van der Waals surface area contributed by atoms with Crippen LogP contribution < -0.4 is 5.32 Å². The molecule has 0 bridgehead atoms. The molecular formula is C22H24ClN5O2S. The maximum Gasteiger partial charge on any atom is 0.254 e. The van der Waals surface area contributed by atoms with Gasteiger partial charge in [-0.1, -0.05) is 49.3 Å². The molecule has 0 radical (unpaired) electrons. The Labute approximate surface area is 190 Å². The van der Waals surface area contributed by atoms with Gasteiger partial charge in [0.1, 0.15) is 6.33 Å². The molecule has 3 rings (SSSR count). The number of carbonyl (C=O) groups excluding carboxylic acids is 2. The third kappa shape index (κ3) is 5.65. The Morgan fingerprint density at radius 2 is 1.87 bits per heavy atom. The van der Waals surface area contributed by atoms with Crippen LogP contribution in [0.3, 0.4) is 0 Å². The van der Waals surface area contributed by atoms with Crippen LogP contribution in [0.5, 0.6) is 0 Å². The predicted molar refractivity (Wildman–Crippen MR) is 124 cm³/mol. The SMILES string of the molecule is CC(C)c1ccc(-n2cnnc2SCC(=O)Nc2ccc(Cl)c(C(=O)N(C)C)c2)cc1. The van der Waals surface area contributed by atoms with E-state index in [0.29, 0.717) is 27.3 Å². The Kier molecular flexibility index (Phi) is 7.35. The van der Waals surface area contributed by atoms with Crippen molar-refractivity contribution >= 4 is 40.9 Å². The smallest absolute Gasteiger partial charge is 0.254 e. The highest BCUT2D eigenvalue weighted by Gasteiger charge is 2.15. The lowest BCUT2D eigenvalue weighted by molar-refractivity contribution is -0.113. The standard InChI is InChI=1S/C22H24ClN5O2S/c1-14(2)15-5-8-17(9-6-15)28-13-24-26-22(28)31-12-20(29)25-16-7-10-19(23)18(11-16)21(30)27(3)4/h5-11,13-14H,12H2,1-4H3,(H,25,29). The number of thioether (sulfide) groups is 1. The van der Waals surface area contributed by atoms with Crippen molar-refractivity contribution in [3.63, 3.8) is 0 Å². The molecule has 9 heteroatoms. The predicted octanol–water partition coefficient (Wildman–Crippen LogP) is 4.48. The van der Waals surface area contributed by atoms with Crippen molar-refractivity contribution in [1.29, 1.82) is 0 Å². The van der Waals surface area contributed by atoms with Crippen LogP contribution in [-0.2, 0) is 4.79 Å². The fourth-order valence-corrected chi connectivity index (χ4v) is 3.78. The molecule has 2 amide bonds. The van der Waals surface area contributed by atoms with Gasteiger partial charge in [-0.05, 0) is 41.8 Å². The second-order valence-corrected chi connectivity index (χ2v) is 8.81. The maximum absolute atomic E-state index is 12.5. The molecule has 1 N–H and O–H groups in total. The second kappa shape index (κ2) is 9.98. The molecule has 1 heterocycles. The van der Waals surface area contributed by atoms with Gasteiger partial charge in [-0.3, -0.25) is 14.2 Å². The van der Waals surface area contributed by atoms with Crippen molar-refractivity contribution in [1.82, 2.24) is 19.7 Å². The van der Waals surface area contributed by atoms with E-state index in [0.717, 1.165) is 5.69 Å². The van der Waals surface area contributed by atoms with Crippen LogP contribution >= 0.6 is 23.4 Å². The van der Waals surface area contributed by atoms with Gasteiger partial charge in [0.05, 0.1) is 16.3 Å². The number of halogens is 1. The van der Waals surface area contributed by atoms with Gasteiger partial charge in [-0.2, -0.15) is 0 Å². The first-order chi connectivity index (χ1) is 14.8. The maximum atomic E-state index is 12.5. The van der Waals surface area contributed by atoms with Crippen molar-refractivity contribution in [2.24, 2.45) is 0 Å². The minimum absolute atomic E-state index is 0.141. The summed E-state index contributed by atoms with van der Waals surface area (Å²) in [5.74, 6) is 0.142. The second-order valence-electron chi connectivity index (χ2n) is 7.46. The molecule has 0 aliphatic carbocycles. The summed E-state index contributed by atoms with van der Waals surface area (Å²) in [6, 6.07) is 13.0. The zero-order valence-electron chi connectivity index (χ0n) is 17.8. The van der Waals surface area contributed by atoms with Gasteiger partial charge in [0.2, 0.25) is 5.91 Å². The number of carbonyl (C=O) groups is 2. The fourth-order valence-electron chi connectivity index (χ4n) is 2.85. The molecule has 0 atom stereocenters. The number of rotatable bonds is 7. The summed E-state index contributed by atoms with van der Waals surface area (Å²) in [6.07, 6.45) is 1.63. The van der Waals surface area contributed by atoms with Crippen LogP contribution in [0.2, 0.25) is 5.02 Å². The number of anilines is 1. The van der Waals surface area contributed by atoms with Crippen LogP contribution in [0.4, 0.5) is 5.69 Å². The molecule has 1 aromatic heterocycles. The Hall–Kier alpha value is -2.84. The monoisotopic (exact) mass is 457 g/mol. The summed E-state index contributed by atoms with van der Waals surface area (Å²) in [5.41, 5.74) is 3.02. The van der Waals surface area contributed by atoms with Crippen molar-refractivity contribution in [3.8, 4) is 5.69 Å². The number of hydrogen-bond acceptors (Lipinski definition) is 5. The molecule has 0 aliphatic heterocycles. The van der Waals surface area contributed by atoms with E-state index in [1.54, 1.807) is 38.6 Å². The highest BCUT2D eigenvalue weighted by atomic mass is 35.5. The largest absolute Gasteiger partial charge is 0.345 e. The molecule has 0 saturated heterocycles. The Morgan fingerprint density at radius 1 is 1.16 bits per heavy atom. The molecule has 162 valence electrons. The summed E-state index contributed by atoms with van der Waals surface area (Å²) in [6.45, 7) is 4.29. The topological polar surface area (TPSA) is 80.1 Å². The van der Waals surface area contributed by atoms with Crippen LogP contribution in [0, 0.1) is 0 Å². The lowest BCUT2D eigenvalue weighted by atomic mass is 10.0. The minimum Gasteiger partial charge on any atom is -0.345 e. The summed E-state index contributed by atoms with van der Waals surface area (Å²) >= 11 is 7.40. The minimum atomic E-state index is -0.230. The molecule has 0 saturated carbocycles.